The van der Waals surface area contributed by atoms with Crippen molar-refractivity contribution in [3.05, 3.63) is 30.3 Å². The highest BCUT2D eigenvalue weighted by Gasteiger charge is 2.31. The summed E-state index contributed by atoms with van der Waals surface area (Å²) >= 11 is 0. The molecular weight excluding hydrogens is 266 g/mol. The van der Waals surface area contributed by atoms with E-state index in [4.69, 9.17) is 4.74 Å². The van der Waals surface area contributed by atoms with Crippen LogP contribution in [0.3, 0.4) is 0 Å². The SMILES string of the molecule is CC(Oc1ccccc1)C(=O)NCC(C)(C)C(O)C(C)C. The Morgan fingerprint density at radius 1 is 1.24 bits per heavy atom. The van der Waals surface area contributed by atoms with Crippen LogP contribution in [0.4, 0.5) is 0 Å². The van der Waals surface area contributed by atoms with Crippen molar-refractivity contribution in [2.75, 3.05) is 6.54 Å². The normalized spacial score (nSPS) is 14.6. The topological polar surface area (TPSA) is 58.6 Å². The lowest BCUT2D eigenvalue weighted by atomic mass is 9.80. The third-order valence-corrected chi connectivity index (χ3v) is 3.58. The van der Waals surface area contributed by atoms with E-state index in [1.54, 1.807) is 6.92 Å². The van der Waals surface area contributed by atoms with Crippen molar-refractivity contribution in [2.45, 2.75) is 46.8 Å². The molecule has 0 radical (unpaired) electrons. The van der Waals surface area contributed by atoms with Gasteiger partial charge in [0.15, 0.2) is 6.10 Å². The number of carbonyl (C=O) groups excluding carboxylic acids is 1. The lowest BCUT2D eigenvalue weighted by Crippen LogP contribution is -2.46. The molecule has 2 atom stereocenters. The van der Waals surface area contributed by atoms with Crippen molar-refractivity contribution < 1.29 is 14.6 Å². The Labute approximate surface area is 127 Å². The molecule has 0 aliphatic heterocycles. The Morgan fingerprint density at radius 3 is 2.33 bits per heavy atom. The van der Waals surface area contributed by atoms with E-state index in [0.717, 1.165) is 0 Å². The average Bonchev–Trinajstić information content (AvgIpc) is 2.44. The van der Waals surface area contributed by atoms with E-state index >= 15 is 0 Å². The molecule has 118 valence electrons. The maximum Gasteiger partial charge on any atom is 0.260 e. The van der Waals surface area contributed by atoms with Gasteiger partial charge in [-0.25, -0.2) is 0 Å². The summed E-state index contributed by atoms with van der Waals surface area (Å²) in [6, 6.07) is 9.25. The molecule has 4 nitrogen and oxygen atoms in total. The predicted molar refractivity (Wildman–Crippen MR) is 84.2 cm³/mol. The molecule has 4 heteroatoms. The van der Waals surface area contributed by atoms with Gasteiger partial charge in [0.05, 0.1) is 6.10 Å². The molecule has 0 bridgehead atoms. The number of ether oxygens (including phenoxy) is 1. The Balaban J connectivity index is 2.49. The largest absolute Gasteiger partial charge is 0.481 e. The zero-order valence-electron chi connectivity index (χ0n) is 13.6. The molecule has 1 amide bonds. The molecule has 0 saturated carbocycles. The van der Waals surface area contributed by atoms with Crippen LogP contribution in [0.1, 0.15) is 34.6 Å². The fraction of sp³-hybridized carbons (Fsp3) is 0.588. The Bertz CT molecular complexity index is 443. The van der Waals surface area contributed by atoms with Gasteiger partial charge in [-0.3, -0.25) is 4.79 Å². The molecule has 21 heavy (non-hydrogen) atoms. The number of nitrogens with one attached hydrogen (secondary N) is 1. The summed E-state index contributed by atoms with van der Waals surface area (Å²) in [7, 11) is 0. The van der Waals surface area contributed by atoms with Crippen molar-refractivity contribution >= 4 is 5.91 Å². The van der Waals surface area contributed by atoms with E-state index < -0.39 is 12.2 Å². The van der Waals surface area contributed by atoms with Gasteiger partial charge in [0.25, 0.3) is 5.91 Å². The predicted octanol–water partition coefficient (Wildman–Crippen LogP) is 2.61. The highest BCUT2D eigenvalue weighted by molar-refractivity contribution is 5.80. The Morgan fingerprint density at radius 2 is 1.81 bits per heavy atom. The highest BCUT2D eigenvalue weighted by atomic mass is 16.5. The van der Waals surface area contributed by atoms with Gasteiger partial charge < -0.3 is 15.2 Å². The minimum atomic E-state index is -0.570. The second-order valence-electron chi connectivity index (χ2n) is 6.47. The van der Waals surface area contributed by atoms with Crippen LogP contribution < -0.4 is 10.1 Å². The van der Waals surface area contributed by atoms with Gasteiger partial charge in [0.2, 0.25) is 0 Å². The average molecular weight is 293 g/mol. The van der Waals surface area contributed by atoms with Gasteiger partial charge in [0, 0.05) is 12.0 Å². The molecule has 0 fully saturated rings. The number of para-hydroxylation sites is 1. The first-order valence-electron chi connectivity index (χ1n) is 7.41. The Kier molecular flexibility index (Phi) is 6.21. The molecule has 2 unspecified atom stereocenters. The van der Waals surface area contributed by atoms with Crippen molar-refractivity contribution in [2.24, 2.45) is 11.3 Å². The molecule has 0 heterocycles. The maximum atomic E-state index is 12.1. The van der Waals surface area contributed by atoms with E-state index in [1.165, 1.54) is 0 Å². The number of hydrogen-bond acceptors (Lipinski definition) is 3. The number of amides is 1. The van der Waals surface area contributed by atoms with Crippen molar-refractivity contribution in [3.8, 4) is 5.75 Å². The van der Waals surface area contributed by atoms with Gasteiger partial charge in [0.1, 0.15) is 5.75 Å². The van der Waals surface area contributed by atoms with Gasteiger partial charge in [-0.05, 0) is 25.0 Å². The minimum Gasteiger partial charge on any atom is -0.481 e. The summed E-state index contributed by atoms with van der Waals surface area (Å²) in [4.78, 5) is 12.1. The monoisotopic (exact) mass is 293 g/mol. The number of hydrogen-bond donors (Lipinski definition) is 2. The van der Waals surface area contributed by atoms with Crippen LogP contribution in [0.2, 0.25) is 0 Å². The van der Waals surface area contributed by atoms with Crippen molar-refractivity contribution in [1.29, 1.82) is 0 Å². The fourth-order valence-electron chi connectivity index (χ4n) is 2.22. The van der Waals surface area contributed by atoms with E-state index in [2.05, 4.69) is 5.32 Å². The number of benzene rings is 1. The second kappa shape index (κ2) is 7.46. The van der Waals surface area contributed by atoms with Crippen LogP contribution in [0.15, 0.2) is 30.3 Å². The molecule has 1 aromatic carbocycles. The molecule has 0 spiro atoms. The summed E-state index contributed by atoms with van der Waals surface area (Å²) in [5.74, 6) is 0.638. The molecule has 1 rings (SSSR count). The maximum absolute atomic E-state index is 12.1. The number of rotatable bonds is 7. The molecular formula is C17H27NO3. The van der Waals surface area contributed by atoms with E-state index in [1.807, 2.05) is 58.0 Å². The van der Waals surface area contributed by atoms with Gasteiger partial charge in [-0.15, -0.1) is 0 Å². The fourth-order valence-corrected chi connectivity index (χ4v) is 2.22. The smallest absolute Gasteiger partial charge is 0.260 e. The van der Waals surface area contributed by atoms with Gasteiger partial charge in [-0.2, -0.15) is 0 Å². The lowest BCUT2D eigenvalue weighted by molar-refractivity contribution is -0.128. The Hall–Kier alpha value is -1.55. The van der Waals surface area contributed by atoms with Gasteiger partial charge in [-0.1, -0.05) is 45.9 Å². The summed E-state index contributed by atoms with van der Waals surface area (Å²) in [6.45, 7) is 9.95. The molecule has 0 saturated heterocycles. The summed E-state index contributed by atoms with van der Waals surface area (Å²) in [6.07, 6.45) is -1.04. The first-order valence-corrected chi connectivity index (χ1v) is 7.41. The first-order chi connectivity index (χ1) is 9.74. The minimum absolute atomic E-state index is 0.148. The van der Waals surface area contributed by atoms with Crippen LogP contribution >= 0.6 is 0 Å². The number of aliphatic hydroxyl groups is 1. The molecule has 0 aliphatic carbocycles. The van der Waals surface area contributed by atoms with Crippen LogP contribution in [0.25, 0.3) is 0 Å². The summed E-state index contributed by atoms with van der Waals surface area (Å²) in [5.41, 5.74) is -0.379. The van der Waals surface area contributed by atoms with Crippen LogP contribution in [0, 0.1) is 11.3 Å². The summed E-state index contributed by atoms with van der Waals surface area (Å²) < 4.78 is 5.57. The standard InChI is InChI=1S/C17H27NO3/c1-12(2)15(19)17(4,5)11-18-16(20)13(3)21-14-9-7-6-8-10-14/h6-10,12-13,15,19H,11H2,1-5H3,(H,18,20). The van der Waals surface area contributed by atoms with Crippen molar-refractivity contribution in [3.63, 3.8) is 0 Å². The van der Waals surface area contributed by atoms with Crippen LogP contribution in [-0.4, -0.2) is 29.8 Å². The van der Waals surface area contributed by atoms with Crippen LogP contribution in [0.5, 0.6) is 5.75 Å². The second-order valence-corrected chi connectivity index (χ2v) is 6.47. The highest BCUT2D eigenvalue weighted by Crippen LogP contribution is 2.25. The molecule has 0 aromatic heterocycles. The zero-order valence-corrected chi connectivity index (χ0v) is 13.6. The third-order valence-electron chi connectivity index (χ3n) is 3.58. The van der Waals surface area contributed by atoms with Crippen molar-refractivity contribution in [1.82, 2.24) is 5.32 Å². The quantitative estimate of drug-likeness (QED) is 0.812. The summed E-state index contributed by atoms with van der Waals surface area (Å²) in [5, 5.41) is 13.0. The van der Waals surface area contributed by atoms with E-state index in [9.17, 15) is 9.90 Å². The molecule has 0 aliphatic rings. The number of carbonyl (C=O) groups is 1. The van der Waals surface area contributed by atoms with E-state index in [0.29, 0.717) is 12.3 Å². The lowest BCUT2D eigenvalue weighted by Gasteiger charge is -2.33. The molecule has 2 N–H and O–H groups in total. The third kappa shape index (κ3) is 5.38. The van der Waals surface area contributed by atoms with Gasteiger partial charge >= 0.3 is 0 Å². The van der Waals surface area contributed by atoms with Crippen LogP contribution in [-0.2, 0) is 4.79 Å². The first kappa shape index (κ1) is 17.5. The van der Waals surface area contributed by atoms with E-state index in [-0.39, 0.29) is 17.2 Å². The zero-order chi connectivity index (χ0) is 16.0. The molecule has 1 aromatic rings. The number of aliphatic hydroxyl groups excluding tert-OH is 1.